The van der Waals surface area contributed by atoms with Gasteiger partial charge in [-0.25, -0.2) is 0 Å². The topological polar surface area (TPSA) is 108 Å². The summed E-state index contributed by atoms with van der Waals surface area (Å²) in [6.07, 6.45) is 0. The maximum atomic E-state index is 8.00. The van der Waals surface area contributed by atoms with Gasteiger partial charge < -0.3 is 33.1 Å². The first-order chi connectivity index (χ1) is 9.33. The Morgan fingerprint density at radius 1 is 0.900 bits per heavy atom. The van der Waals surface area contributed by atoms with Crippen LogP contribution in [0.2, 0.25) is 0 Å². The minimum Gasteiger partial charge on any atom is -0.464 e. The molecular formula is C12H20CrO7. The summed E-state index contributed by atoms with van der Waals surface area (Å²) >= 11 is 0. The molecule has 0 atom stereocenters. The van der Waals surface area contributed by atoms with E-state index in [-0.39, 0.29) is 17.4 Å². The molecule has 0 unspecified atom stereocenters. The fourth-order valence-corrected chi connectivity index (χ4v) is 0.705. The summed E-state index contributed by atoms with van der Waals surface area (Å²) in [5.74, 6) is 1.82. The molecule has 20 heavy (non-hydrogen) atoms. The molecule has 0 N–H and O–H groups in total. The minimum absolute atomic E-state index is 0. The van der Waals surface area contributed by atoms with Crippen molar-refractivity contribution >= 4 is 33.9 Å². The van der Waals surface area contributed by atoms with Crippen LogP contribution in [-0.4, -0.2) is 41.1 Å². The van der Waals surface area contributed by atoms with Crippen molar-refractivity contribution in [1.29, 1.82) is 0 Å². The van der Waals surface area contributed by atoms with E-state index in [0.717, 1.165) is 11.5 Å². The number of carbonyl (C=O) groups is 5. The fraction of sp³-hybridized carbons (Fsp3) is 0.250. The van der Waals surface area contributed by atoms with E-state index < -0.39 is 0 Å². The van der Waals surface area contributed by atoms with Gasteiger partial charge in [-0.05, 0) is 19.1 Å². The van der Waals surface area contributed by atoms with Crippen molar-refractivity contribution in [3.05, 3.63) is 23.7 Å². The Hall–Kier alpha value is -1.88. The second-order valence-electron chi connectivity index (χ2n) is 1.95. The number of hydrogen-bond donors (Lipinski definition) is 0. The predicted molar refractivity (Wildman–Crippen MR) is 69.8 cm³/mol. The number of hydrogen-bond acceptors (Lipinski definition) is 7. The molecule has 0 saturated heterocycles. The van der Waals surface area contributed by atoms with Crippen LogP contribution in [0.25, 0.3) is 0 Å². The molecule has 0 fully saturated rings. The first-order valence-corrected chi connectivity index (χ1v) is 4.31. The Labute approximate surface area is 129 Å². The van der Waals surface area contributed by atoms with Crippen LogP contribution >= 0.6 is 0 Å². The number of rotatable bonds is 2. The van der Waals surface area contributed by atoms with Gasteiger partial charge in [0.15, 0.2) is 0 Å². The molecule has 8 heteroatoms. The van der Waals surface area contributed by atoms with E-state index in [1.807, 2.05) is 53.0 Å². The molecule has 0 saturated carbocycles. The third kappa shape index (κ3) is 36.0. The van der Waals surface area contributed by atoms with Crippen LogP contribution in [0.4, 0.5) is 0 Å². The number of methoxy groups -OCH3 is 1. The van der Waals surface area contributed by atoms with Crippen molar-refractivity contribution in [2.45, 2.75) is 13.5 Å². The smallest absolute Gasteiger partial charge is 0.129 e. The third-order valence-corrected chi connectivity index (χ3v) is 1.08. The zero-order valence-corrected chi connectivity index (χ0v) is 12.9. The zero-order chi connectivity index (χ0) is 16.7. The van der Waals surface area contributed by atoms with Crippen molar-refractivity contribution in [3.63, 3.8) is 0 Å². The molecule has 7 nitrogen and oxygen atoms in total. The maximum absolute atomic E-state index is 8.00. The van der Waals surface area contributed by atoms with E-state index in [4.69, 9.17) is 33.1 Å². The maximum Gasteiger partial charge on any atom is 0.129 e. The van der Waals surface area contributed by atoms with Crippen LogP contribution in [0.3, 0.4) is 0 Å². The number of carbonyl (C=O) groups excluding carboxylic acids is 5. The monoisotopic (exact) mass is 328 g/mol. The van der Waals surface area contributed by atoms with Crippen molar-refractivity contribution in [2.24, 2.45) is 0 Å². The third-order valence-electron chi connectivity index (χ3n) is 1.08. The molecule has 0 amide bonds. The summed E-state index contributed by atoms with van der Waals surface area (Å²) in [6, 6.07) is 3.84. The Balaban J connectivity index is -0.0000000384. The van der Waals surface area contributed by atoms with Gasteiger partial charge in [0.1, 0.15) is 52.1 Å². The molecule has 0 aliphatic heterocycles. The van der Waals surface area contributed by atoms with Crippen LogP contribution in [0.15, 0.2) is 16.5 Å². The summed E-state index contributed by atoms with van der Waals surface area (Å²) in [5, 5.41) is 0. The molecule has 1 aromatic heterocycles. The van der Waals surface area contributed by atoms with Crippen LogP contribution < -0.4 is 0 Å². The van der Waals surface area contributed by atoms with E-state index in [2.05, 4.69) is 0 Å². The molecule has 0 aliphatic carbocycles. The predicted octanol–water partition coefficient (Wildman–Crippen LogP) is 0.807. The molecule has 1 aromatic rings. The summed E-state index contributed by atoms with van der Waals surface area (Å²) < 4.78 is 10.0. The van der Waals surface area contributed by atoms with Gasteiger partial charge in [0.2, 0.25) is 0 Å². The van der Waals surface area contributed by atoms with E-state index in [1.54, 1.807) is 7.11 Å². The van der Waals surface area contributed by atoms with Crippen molar-refractivity contribution in [3.8, 4) is 0 Å². The van der Waals surface area contributed by atoms with Crippen LogP contribution in [-0.2, 0) is 52.7 Å². The molecule has 0 bridgehead atoms. The molecule has 1 heterocycles. The van der Waals surface area contributed by atoms with Gasteiger partial charge in [0.05, 0.1) is 0 Å². The van der Waals surface area contributed by atoms with Crippen molar-refractivity contribution in [1.82, 2.24) is 0 Å². The molecule has 0 spiro atoms. The second-order valence-corrected chi connectivity index (χ2v) is 1.95. The van der Waals surface area contributed by atoms with Gasteiger partial charge in [0, 0.05) is 24.5 Å². The Morgan fingerprint density at radius 3 is 1.45 bits per heavy atom. The second kappa shape index (κ2) is 53.5. The Bertz CT molecular complexity index is 244. The van der Waals surface area contributed by atoms with E-state index in [1.165, 1.54) is 0 Å². The Kier molecular flexibility index (Phi) is 96.7. The van der Waals surface area contributed by atoms with Crippen molar-refractivity contribution in [2.75, 3.05) is 7.11 Å². The fourth-order valence-electron chi connectivity index (χ4n) is 0.705. The van der Waals surface area contributed by atoms with Gasteiger partial charge in [-0.3, -0.25) is 0 Å². The van der Waals surface area contributed by atoms with Crippen molar-refractivity contribution < 1.29 is 50.5 Å². The van der Waals surface area contributed by atoms with E-state index in [0.29, 0.717) is 6.61 Å². The van der Waals surface area contributed by atoms with Crippen LogP contribution in [0.5, 0.6) is 0 Å². The number of ether oxygens (including phenoxy) is 1. The summed E-state index contributed by atoms with van der Waals surface area (Å²) in [6.45, 7) is 12.5. The summed E-state index contributed by atoms with van der Waals surface area (Å²) in [4.78, 5) is 40.0. The summed E-state index contributed by atoms with van der Waals surface area (Å²) in [5.41, 5.74) is 0. The average molecular weight is 328 g/mol. The van der Waals surface area contributed by atoms with Gasteiger partial charge in [-0.2, -0.15) is 0 Å². The van der Waals surface area contributed by atoms with E-state index in [9.17, 15) is 0 Å². The van der Waals surface area contributed by atoms with Gasteiger partial charge >= 0.3 is 0 Å². The molecule has 0 aliphatic rings. The quantitative estimate of drug-likeness (QED) is 0.790. The normalized spacial score (nSPS) is 5.50. The molecular weight excluding hydrogens is 308 g/mol. The van der Waals surface area contributed by atoms with Gasteiger partial charge in [-0.1, -0.05) is 0 Å². The zero-order valence-electron chi connectivity index (χ0n) is 11.7. The SMILES string of the molecule is C=O.C=O.C=O.C=O.C=O.COCc1ccc(C)o1.[Cr]. The number of aryl methyl sites for hydroxylation is 1. The minimum atomic E-state index is 0. The molecule has 116 valence electrons. The molecule has 0 aromatic carbocycles. The molecule has 0 radical (unpaired) electrons. The first-order valence-electron chi connectivity index (χ1n) is 4.31. The Morgan fingerprint density at radius 2 is 1.25 bits per heavy atom. The standard InChI is InChI=1S/C7H10O2.5CH2O.Cr/c1-6-3-4-7(9-6)5-8-2;5*1-2;/h3-4H,5H2,1-2H3;5*1H2;. The largest absolute Gasteiger partial charge is 0.464 e. The molecule has 1 rings (SSSR count). The van der Waals surface area contributed by atoms with Gasteiger partial charge in [0.25, 0.3) is 0 Å². The van der Waals surface area contributed by atoms with Gasteiger partial charge in [-0.15, -0.1) is 0 Å². The van der Waals surface area contributed by atoms with Crippen LogP contribution in [0, 0.1) is 6.92 Å². The first kappa shape index (κ1) is 36.2. The number of furan rings is 1. The summed E-state index contributed by atoms with van der Waals surface area (Å²) in [7, 11) is 1.65. The van der Waals surface area contributed by atoms with E-state index >= 15 is 0 Å². The van der Waals surface area contributed by atoms with Crippen LogP contribution in [0.1, 0.15) is 11.5 Å². The average Bonchev–Trinajstić information content (AvgIpc) is 2.95.